The summed E-state index contributed by atoms with van der Waals surface area (Å²) in [6.07, 6.45) is 1.15. The molecule has 0 aromatic carbocycles. The van der Waals surface area contributed by atoms with E-state index in [2.05, 4.69) is 26.2 Å². The molecule has 1 aromatic rings. The second-order valence-electron chi connectivity index (χ2n) is 2.79. The Hall–Kier alpha value is -0.810. The molecule has 3 N–H and O–H groups in total. The molecule has 0 fully saturated rings. The first-order valence-electron chi connectivity index (χ1n) is 3.90. The molecule has 0 bridgehead atoms. The van der Waals surface area contributed by atoms with Gasteiger partial charge in [0.1, 0.15) is 5.69 Å². The van der Waals surface area contributed by atoms with Crippen molar-refractivity contribution < 1.29 is 9.90 Å². The van der Waals surface area contributed by atoms with Gasteiger partial charge in [-0.3, -0.25) is 4.79 Å². The summed E-state index contributed by atoms with van der Waals surface area (Å²) in [6, 6.07) is 1.68. The van der Waals surface area contributed by atoms with Crippen LogP contribution in [0.4, 0.5) is 0 Å². The lowest BCUT2D eigenvalue weighted by Gasteiger charge is -2.04. The van der Waals surface area contributed by atoms with Crippen LogP contribution in [0.1, 0.15) is 17.4 Å². The van der Waals surface area contributed by atoms with E-state index in [1.54, 1.807) is 19.2 Å². The van der Waals surface area contributed by atoms with Crippen LogP contribution < -0.4 is 5.32 Å². The number of aromatic amines is 1. The van der Waals surface area contributed by atoms with Crippen molar-refractivity contribution in [3.05, 3.63) is 22.4 Å². The van der Waals surface area contributed by atoms with E-state index in [4.69, 9.17) is 5.11 Å². The summed E-state index contributed by atoms with van der Waals surface area (Å²) in [4.78, 5) is 14.1. The second kappa shape index (κ2) is 4.43. The van der Waals surface area contributed by atoms with Gasteiger partial charge in [0.05, 0.1) is 6.10 Å². The number of rotatable bonds is 3. The zero-order chi connectivity index (χ0) is 9.84. The quantitative estimate of drug-likeness (QED) is 0.742. The van der Waals surface area contributed by atoms with Gasteiger partial charge >= 0.3 is 0 Å². The molecule has 1 aromatic heterocycles. The van der Waals surface area contributed by atoms with Crippen LogP contribution in [0.5, 0.6) is 0 Å². The predicted octanol–water partition coefficient (Wildman–Crippen LogP) is 0.888. The molecule has 1 atom stereocenters. The zero-order valence-electron chi connectivity index (χ0n) is 7.17. The summed E-state index contributed by atoms with van der Waals surface area (Å²) < 4.78 is 0.828. The zero-order valence-corrected chi connectivity index (χ0v) is 8.76. The molecule has 0 radical (unpaired) electrons. The average Bonchev–Trinajstić information content (AvgIpc) is 2.47. The Morgan fingerprint density at radius 1 is 1.85 bits per heavy atom. The number of nitrogens with one attached hydrogen (secondary N) is 2. The molecule has 13 heavy (non-hydrogen) atoms. The van der Waals surface area contributed by atoms with Crippen LogP contribution in [0.3, 0.4) is 0 Å². The van der Waals surface area contributed by atoms with E-state index in [1.807, 2.05) is 0 Å². The molecule has 5 heteroatoms. The maximum absolute atomic E-state index is 11.3. The fraction of sp³-hybridized carbons (Fsp3) is 0.375. The molecule has 4 nitrogen and oxygen atoms in total. The van der Waals surface area contributed by atoms with E-state index in [9.17, 15) is 4.79 Å². The lowest BCUT2D eigenvalue weighted by molar-refractivity contribution is 0.0919. The van der Waals surface area contributed by atoms with Crippen molar-refractivity contribution in [3.8, 4) is 0 Å². The van der Waals surface area contributed by atoms with Gasteiger partial charge in [0, 0.05) is 17.2 Å². The molecule has 1 rings (SSSR count). The number of amides is 1. The van der Waals surface area contributed by atoms with Crippen molar-refractivity contribution in [3.63, 3.8) is 0 Å². The first-order chi connectivity index (χ1) is 6.09. The van der Waals surface area contributed by atoms with Crippen LogP contribution >= 0.6 is 15.9 Å². The molecule has 1 amide bonds. The molecular formula is C8H11BrN2O2. The van der Waals surface area contributed by atoms with Gasteiger partial charge in [-0.15, -0.1) is 0 Å². The Kier molecular flexibility index (Phi) is 3.50. The Morgan fingerprint density at radius 3 is 3.00 bits per heavy atom. The van der Waals surface area contributed by atoms with Crippen LogP contribution in [-0.4, -0.2) is 28.6 Å². The molecule has 0 aliphatic rings. The number of carbonyl (C=O) groups excluding carboxylic acids is 1. The Morgan fingerprint density at radius 2 is 2.54 bits per heavy atom. The Balaban J connectivity index is 2.49. The van der Waals surface area contributed by atoms with Crippen LogP contribution in [-0.2, 0) is 0 Å². The summed E-state index contributed by atoms with van der Waals surface area (Å²) >= 11 is 3.22. The number of aromatic nitrogens is 1. The molecule has 0 saturated heterocycles. The van der Waals surface area contributed by atoms with Gasteiger partial charge in [-0.25, -0.2) is 0 Å². The summed E-state index contributed by atoms with van der Waals surface area (Å²) in [7, 11) is 0. The van der Waals surface area contributed by atoms with Gasteiger partial charge in [-0.05, 0) is 28.9 Å². The highest BCUT2D eigenvalue weighted by Crippen LogP contribution is 2.09. The van der Waals surface area contributed by atoms with Crippen molar-refractivity contribution in [1.29, 1.82) is 0 Å². The minimum absolute atomic E-state index is 0.216. The average molecular weight is 247 g/mol. The van der Waals surface area contributed by atoms with Crippen molar-refractivity contribution in [2.75, 3.05) is 6.54 Å². The van der Waals surface area contributed by atoms with Gasteiger partial charge in [0.2, 0.25) is 0 Å². The molecular weight excluding hydrogens is 236 g/mol. The summed E-state index contributed by atoms with van der Waals surface area (Å²) in [5.74, 6) is -0.216. The smallest absolute Gasteiger partial charge is 0.267 e. The number of aliphatic hydroxyl groups excluding tert-OH is 1. The molecule has 72 valence electrons. The van der Waals surface area contributed by atoms with Crippen LogP contribution in [0, 0.1) is 0 Å². The maximum Gasteiger partial charge on any atom is 0.267 e. The molecule has 0 unspecified atom stereocenters. The molecule has 0 aliphatic heterocycles. The monoisotopic (exact) mass is 246 g/mol. The molecule has 0 saturated carbocycles. The highest BCUT2D eigenvalue weighted by atomic mass is 79.9. The van der Waals surface area contributed by atoms with Crippen LogP contribution in [0.15, 0.2) is 16.7 Å². The Bertz CT molecular complexity index is 296. The standard InChI is InChI=1S/C8H11BrN2O2/c1-5(12)3-11-8(13)7-2-6(9)4-10-7/h2,4-5,10,12H,3H2,1H3,(H,11,13)/t5-/m1/s1. The summed E-state index contributed by atoms with van der Waals surface area (Å²) in [5.41, 5.74) is 0.479. The van der Waals surface area contributed by atoms with E-state index < -0.39 is 6.10 Å². The SMILES string of the molecule is C[C@@H](O)CNC(=O)c1cc(Br)c[nH]1. The van der Waals surface area contributed by atoms with Gasteiger partial charge in [0.25, 0.3) is 5.91 Å². The first-order valence-corrected chi connectivity index (χ1v) is 4.69. The van der Waals surface area contributed by atoms with Crippen molar-refractivity contribution in [2.45, 2.75) is 13.0 Å². The molecule has 0 aliphatic carbocycles. The largest absolute Gasteiger partial charge is 0.392 e. The predicted molar refractivity (Wildman–Crippen MR) is 52.5 cm³/mol. The van der Waals surface area contributed by atoms with E-state index in [0.717, 1.165) is 4.47 Å². The second-order valence-corrected chi connectivity index (χ2v) is 3.71. The lowest BCUT2D eigenvalue weighted by atomic mass is 10.3. The summed E-state index contributed by atoms with van der Waals surface area (Å²) in [5, 5.41) is 11.5. The first kappa shape index (κ1) is 10.3. The lowest BCUT2D eigenvalue weighted by Crippen LogP contribution is -2.30. The topological polar surface area (TPSA) is 65.1 Å². The van der Waals surface area contributed by atoms with Gasteiger partial charge in [-0.1, -0.05) is 0 Å². The van der Waals surface area contributed by atoms with E-state index in [0.29, 0.717) is 5.69 Å². The number of aliphatic hydroxyl groups is 1. The van der Waals surface area contributed by atoms with E-state index in [1.165, 1.54) is 0 Å². The maximum atomic E-state index is 11.3. The number of carbonyl (C=O) groups is 1. The van der Waals surface area contributed by atoms with E-state index >= 15 is 0 Å². The fourth-order valence-corrected chi connectivity index (χ4v) is 1.18. The van der Waals surface area contributed by atoms with E-state index in [-0.39, 0.29) is 12.5 Å². The van der Waals surface area contributed by atoms with Crippen molar-refractivity contribution in [2.24, 2.45) is 0 Å². The van der Waals surface area contributed by atoms with Crippen LogP contribution in [0.25, 0.3) is 0 Å². The number of halogens is 1. The minimum Gasteiger partial charge on any atom is -0.392 e. The number of hydrogen-bond acceptors (Lipinski definition) is 2. The minimum atomic E-state index is -0.526. The highest BCUT2D eigenvalue weighted by Gasteiger charge is 2.07. The van der Waals surface area contributed by atoms with Crippen molar-refractivity contribution in [1.82, 2.24) is 10.3 Å². The highest BCUT2D eigenvalue weighted by molar-refractivity contribution is 9.10. The fourth-order valence-electron chi connectivity index (χ4n) is 0.835. The molecule has 0 spiro atoms. The Labute approximate surface area is 84.5 Å². The van der Waals surface area contributed by atoms with Gasteiger partial charge < -0.3 is 15.4 Å². The number of hydrogen-bond donors (Lipinski definition) is 3. The van der Waals surface area contributed by atoms with Gasteiger partial charge in [-0.2, -0.15) is 0 Å². The van der Waals surface area contributed by atoms with Crippen LogP contribution in [0.2, 0.25) is 0 Å². The number of H-pyrrole nitrogens is 1. The molecule has 1 heterocycles. The third kappa shape index (κ3) is 3.20. The normalized spacial score (nSPS) is 12.5. The summed E-state index contributed by atoms with van der Waals surface area (Å²) in [6.45, 7) is 1.88. The third-order valence-corrected chi connectivity index (χ3v) is 1.91. The van der Waals surface area contributed by atoms with Crippen molar-refractivity contribution >= 4 is 21.8 Å². The third-order valence-electron chi connectivity index (χ3n) is 1.45. The van der Waals surface area contributed by atoms with Gasteiger partial charge in [0.15, 0.2) is 0 Å².